The number of phosphoric ester groups is 1. The van der Waals surface area contributed by atoms with Crippen molar-refractivity contribution in [3.63, 3.8) is 0 Å². The zero-order valence-corrected chi connectivity index (χ0v) is 48.7. The number of allylic oxidation sites excluding steroid dienone is 20. The minimum atomic E-state index is -4.40. The third-order valence-electron chi connectivity index (χ3n) is 12.0. The maximum absolute atomic E-state index is 12.8. The molecule has 0 aromatic heterocycles. The first kappa shape index (κ1) is 70.4. The van der Waals surface area contributed by atoms with Crippen molar-refractivity contribution in [3.8, 4) is 0 Å². The summed E-state index contributed by atoms with van der Waals surface area (Å²) in [5, 5.41) is 0. The molecule has 0 aromatic carbocycles. The van der Waals surface area contributed by atoms with Crippen LogP contribution in [0.2, 0.25) is 0 Å². The van der Waals surface area contributed by atoms with Gasteiger partial charge in [-0.05, 0) is 109 Å². The second kappa shape index (κ2) is 54.2. The van der Waals surface area contributed by atoms with E-state index in [0.717, 1.165) is 122 Å². The highest BCUT2D eigenvalue weighted by Gasteiger charge is 2.27. The molecule has 10 heteroatoms. The van der Waals surface area contributed by atoms with Gasteiger partial charge in [-0.1, -0.05) is 219 Å². The SMILES string of the molecule is CC/C=C\C/C=C\C/C=C\C/C=C\C/C=C\C/C=C\C/C=C\C/C=C\CCCCCCCCCCCCC(=O)OC(COC(=O)CCCCCCC/C=C\C/C=C\CCCCC)COP(=O)(O)OCC[N+](C)(C)C. The molecule has 0 aliphatic heterocycles. The number of carbonyl (C=O) groups excluding carboxylic acids is 2. The Bertz CT molecular complexity index is 1660. The number of likely N-dealkylation sites (N-methyl/N-ethyl adjacent to an activating group) is 1. The molecule has 0 saturated carbocycles. The van der Waals surface area contributed by atoms with Crippen molar-refractivity contribution in [3.05, 3.63) is 122 Å². The highest BCUT2D eigenvalue weighted by Crippen LogP contribution is 2.43. The summed E-state index contributed by atoms with van der Waals surface area (Å²) in [6.07, 6.45) is 77.0. The van der Waals surface area contributed by atoms with Gasteiger partial charge >= 0.3 is 19.8 Å². The summed E-state index contributed by atoms with van der Waals surface area (Å²) in [4.78, 5) is 35.6. The fourth-order valence-corrected chi connectivity index (χ4v) is 8.21. The minimum absolute atomic E-state index is 0.0227. The quantitative estimate of drug-likeness (QED) is 0.0211. The van der Waals surface area contributed by atoms with Crippen LogP contribution in [0.5, 0.6) is 0 Å². The Labute approximate surface area is 454 Å². The van der Waals surface area contributed by atoms with E-state index in [9.17, 15) is 19.0 Å². The molecule has 0 aromatic rings. The Hall–Kier alpha value is -3.59. The zero-order valence-electron chi connectivity index (χ0n) is 47.8. The van der Waals surface area contributed by atoms with Crippen molar-refractivity contribution >= 4 is 19.8 Å². The predicted octanol–water partition coefficient (Wildman–Crippen LogP) is 18.4. The van der Waals surface area contributed by atoms with Gasteiger partial charge in [0.2, 0.25) is 0 Å². The van der Waals surface area contributed by atoms with Gasteiger partial charge in [0.15, 0.2) is 6.10 Å². The van der Waals surface area contributed by atoms with E-state index in [4.69, 9.17) is 18.5 Å². The summed E-state index contributed by atoms with van der Waals surface area (Å²) in [5.74, 6) is -0.825. The third-order valence-corrected chi connectivity index (χ3v) is 13.0. The highest BCUT2D eigenvalue weighted by molar-refractivity contribution is 7.47. The monoisotopic (exact) mass is 1050 g/mol. The third kappa shape index (κ3) is 57.7. The number of ether oxygens (including phenoxy) is 2. The van der Waals surface area contributed by atoms with Crippen LogP contribution < -0.4 is 0 Å². The number of quaternary nitrogens is 1. The van der Waals surface area contributed by atoms with Crippen LogP contribution in [0.25, 0.3) is 0 Å². The molecule has 422 valence electrons. The molecule has 0 spiro atoms. The lowest BCUT2D eigenvalue weighted by Gasteiger charge is -2.24. The lowest BCUT2D eigenvalue weighted by molar-refractivity contribution is -0.870. The zero-order chi connectivity index (χ0) is 54.2. The van der Waals surface area contributed by atoms with Crippen molar-refractivity contribution in [2.45, 2.75) is 225 Å². The topological polar surface area (TPSA) is 108 Å². The maximum Gasteiger partial charge on any atom is 0.472 e. The Morgan fingerprint density at radius 1 is 0.432 bits per heavy atom. The van der Waals surface area contributed by atoms with Gasteiger partial charge < -0.3 is 18.9 Å². The Morgan fingerprint density at radius 2 is 0.770 bits per heavy atom. The lowest BCUT2D eigenvalue weighted by atomic mass is 10.0. The van der Waals surface area contributed by atoms with Crippen molar-refractivity contribution in [1.29, 1.82) is 0 Å². The number of unbranched alkanes of at least 4 members (excludes halogenated alkanes) is 18. The van der Waals surface area contributed by atoms with Gasteiger partial charge in [-0.3, -0.25) is 18.6 Å². The minimum Gasteiger partial charge on any atom is -0.462 e. The number of rotatable bonds is 52. The van der Waals surface area contributed by atoms with Gasteiger partial charge in [0.05, 0.1) is 27.7 Å². The van der Waals surface area contributed by atoms with E-state index in [2.05, 4.69) is 135 Å². The number of esters is 2. The molecule has 0 radical (unpaired) electrons. The van der Waals surface area contributed by atoms with Crippen LogP contribution in [0.3, 0.4) is 0 Å². The second-order valence-electron chi connectivity index (χ2n) is 20.3. The molecular weight excluding hydrogens is 942 g/mol. The van der Waals surface area contributed by atoms with E-state index in [1.165, 1.54) is 64.2 Å². The fraction of sp³-hybridized carbons (Fsp3) is 0.656. The molecule has 0 heterocycles. The molecule has 0 amide bonds. The molecule has 9 nitrogen and oxygen atoms in total. The summed E-state index contributed by atoms with van der Waals surface area (Å²) >= 11 is 0. The van der Waals surface area contributed by atoms with Crippen LogP contribution in [0, 0.1) is 0 Å². The number of hydrogen-bond acceptors (Lipinski definition) is 7. The normalized spacial score (nSPS) is 14.2. The summed E-state index contributed by atoms with van der Waals surface area (Å²) in [7, 11) is 1.45. The Kier molecular flexibility index (Phi) is 51.6. The van der Waals surface area contributed by atoms with Gasteiger partial charge in [-0.25, -0.2) is 4.57 Å². The molecule has 74 heavy (non-hydrogen) atoms. The summed E-state index contributed by atoms with van der Waals surface area (Å²) in [6.45, 7) is 4.25. The molecule has 0 rings (SSSR count). The summed E-state index contributed by atoms with van der Waals surface area (Å²) in [5.41, 5.74) is 0. The average Bonchev–Trinajstić information content (AvgIpc) is 3.36. The van der Waals surface area contributed by atoms with E-state index >= 15 is 0 Å². The van der Waals surface area contributed by atoms with Gasteiger partial charge in [0, 0.05) is 12.8 Å². The highest BCUT2D eigenvalue weighted by atomic mass is 31.2. The number of carbonyl (C=O) groups is 2. The van der Waals surface area contributed by atoms with Crippen LogP contribution in [-0.2, 0) is 32.7 Å². The number of nitrogens with zero attached hydrogens (tertiary/aromatic N) is 1. The summed E-state index contributed by atoms with van der Waals surface area (Å²) in [6, 6.07) is 0. The van der Waals surface area contributed by atoms with Crippen molar-refractivity contribution in [2.75, 3.05) is 47.5 Å². The molecule has 2 atom stereocenters. The Morgan fingerprint density at radius 3 is 1.15 bits per heavy atom. The Balaban J connectivity index is 4.15. The van der Waals surface area contributed by atoms with E-state index in [1.54, 1.807) is 0 Å². The van der Waals surface area contributed by atoms with E-state index in [0.29, 0.717) is 17.4 Å². The predicted molar refractivity (Wildman–Crippen MR) is 316 cm³/mol. The molecule has 1 N–H and O–H groups in total. The van der Waals surface area contributed by atoms with Crippen LogP contribution in [-0.4, -0.2) is 74.9 Å². The average molecular weight is 1050 g/mol. The van der Waals surface area contributed by atoms with Gasteiger partial charge in [0.1, 0.15) is 19.8 Å². The fourth-order valence-electron chi connectivity index (χ4n) is 7.47. The molecular formula is C64H109NO8P+. The van der Waals surface area contributed by atoms with Crippen LogP contribution in [0.4, 0.5) is 0 Å². The van der Waals surface area contributed by atoms with Crippen molar-refractivity contribution < 1.29 is 42.1 Å². The van der Waals surface area contributed by atoms with E-state index in [1.807, 2.05) is 21.1 Å². The molecule has 2 unspecified atom stereocenters. The first-order chi connectivity index (χ1) is 36.0. The lowest BCUT2D eigenvalue weighted by Crippen LogP contribution is -2.37. The van der Waals surface area contributed by atoms with Crippen LogP contribution >= 0.6 is 7.82 Å². The molecule has 0 fully saturated rings. The smallest absolute Gasteiger partial charge is 0.462 e. The first-order valence-electron chi connectivity index (χ1n) is 29.3. The van der Waals surface area contributed by atoms with Crippen LogP contribution in [0.15, 0.2) is 122 Å². The van der Waals surface area contributed by atoms with Gasteiger partial charge in [-0.2, -0.15) is 0 Å². The number of phosphoric acid groups is 1. The maximum atomic E-state index is 12.8. The van der Waals surface area contributed by atoms with Crippen molar-refractivity contribution in [1.82, 2.24) is 0 Å². The first-order valence-corrected chi connectivity index (χ1v) is 30.8. The second-order valence-corrected chi connectivity index (χ2v) is 21.7. The van der Waals surface area contributed by atoms with E-state index < -0.39 is 26.5 Å². The largest absolute Gasteiger partial charge is 0.472 e. The molecule has 0 bridgehead atoms. The van der Waals surface area contributed by atoms with Crippen LogP contribution in [0.1, 0.15) is 219 Å². The van der Waals surface area contributed by atoms with Gasteiger partial charge in [0.25, 0.3) is 0 Å². The summed E-state index contributed by atoms with van der Waals surface area (Å²) < 4.78 is 34.5. The number of hydrogen-bond donors (Lipinski definition) is 1. The standard InChI is InChI=1S/C64H108NO8P/c1-6-8-10-12-14-16-18-20-22-23-24-25-26-27-28-29-30-31-32-33-34-35-36-37-38-39-40-41-43-45-47-49-51-53-55-57-64(67)73-62(61-72-74(68,69)71-59-58-65(3,4)5)60-70-63(66)56-54-52-50-48-46-44-42-21-19-17-15-13-11-9-7-2/h8,10,14-17,20-22,24-25,27-28,30-31,33-34,36-37,42,62H,6-7,9,11-13,18-19,23,26,29,32,35,38-41,43-61H2,1-5H3/p+1/b10-8-,16-14-,17-15-,22-20-,25-24-,28-27-,31-30-,34-33-,37-36-,42-21-. The van der Waals surface area contributed by atoms with Crippen molar-refractivity contribution in [2.24, 2.45) is 0 Å². The molecule has 0 saturated heterocycles. The van der Waals surface area contributed by atoms with E-state index in [-0.39, 0.29) is 32.0 Å². The van der Waals surface area contributed by atoms with Gasteiger partial charge in [-0.15, -0.1) is 0 Å². The molecule has 0 aliphatic carbocycles. The molecule has 0 aliphatic rings.